The quantitative estimate of drug-likeness (QED) is 0.0222. The van der Waals surface area contributed by atoms with Gasteiger partial charge in [0, 0.05) is 25.7 Å². The molecule has 0 aliphatic heterocycles. The van der Waals surface area contributed by atoms with Crippen molar-refractivity contribution in [3.8, 4) is 0 Å². The number of aliphatic hydroxyl groups excluding tert-OH is 1. The summed E-state index contributed by atoms with van der Waals surface area (Å²) in [4.78, 5) is 72.9. The first-order chi connectivity index (χ1) is 46.1. The van der Waals surface area contributed by atoms with Crippen LogP contribution in [-0.4, -0.2) is 96.7 Å². The molecule has 0 aliphatic rings. The first-order valence-electron chi connectivity index (χ1n) is 39.7. The van der Waals surface area contributed by atoms with Crippen molar-refractivity contribution in [1.29, 1.82) is 0 Å². The summed E-state index contributed by atoms with van der Waals surface area (Å²) in [5, 5.41) is 10.6. The number of aliphatic hydroxyl groups is 1. The Kier molecular flexibility index (Phi) is 65.0. The van der Waals surface area contributed by atoms with Gasteiger partial charge in [-0.15, -0.1) is 0 Å². The maximum Gasteiger partial charge on any atom is 0.472 e. The average molecular weight is 1410 g/mol. The second-order valence-electron chi connectivity index (χ2n) is 29.4. The van der Waals surface area contributed by atoms with Crippen molar-refractivity contribution in [2.75, 3.05) is 39.6 Å². The Morgan fingerprint density at radius 2 is 0.500 bits per heavy atom. The zero-order chi connectivity index (χ0) is 71.0. The summed E-state index contributed by atoms with van der Waals surface area (Å²) in [6.07, 6.45) is 51.3. The Morgan fingerprint density at radius 1 is 0.292 bits per heavy atom. The molecule has 0 saturated heterocycles. The fraction of sp³-hybridized carbons (Fsp3) is 0.948. The van der Waals surface area contributed by atoms with Crippen molar-refractivity contribution in [1.82, 2.24) is 0 Å². The molecule has 570 valence electrons. The largest absolute Gasteiger partial charge is 0.472 e. The zero-order valence-electron chi connectivity index (χ0n) is 63.0. The van der Waals surface area contributed by atoms with Crippen LogP contribution in [0.25, 0.3) is 0 Å². The summed E-state index contributed by atoms with van der Waals surface area (Å²) in [5.41, 5.74) is 0. The van der Waals surface area contributed by atoms with Gasteiger partial charge in [0.1, 0.15) is 19.3 Å². The highest BCUT2D eigenvalue weighted by atomic mass is 31.2. The third-order valence-corrected chi connectivity index (χ3v) is 20.1. The van der Waals surface area contributed by atoms with Gasteiger partial charge in [0.05, 0.1) is 26.4 Å². The number of rotatable bonds is 74. The number of ether oxygens (including phenoxy) is 4. The van der Waals surface area contributed by atoms with E-state index in [4.69, 9.17) is 37.0 Å². The number of phosphoric ester groups is 2. The SMILES string of the molecule is CCC(C)CCCCCCCCCCCCC(=O)OC[C@H](COP(=O)(O)OCC(O)COP(=O)(O)OC[C@@H](COC(=O)CCCCCCCCCC(C)C)OC(=O)CCCCCCCCCCCCCCCCCC(C)C)OC(=O)CCCCCCCCCCCCCC(C)C. The average Bonchev–Trinajstić information content (AvgIpc) is 1.11. The molecule has 96 heavy (non-hydrogen) atoms. The first-order valence-corrected chi connectivity index (χ1v) is 42.7. The lowest BCUT2D eigenvalue weighted by atomic mass is 9.99. The van der Waals surface area contributed by atoms with Crippen molar-refractivity contribution in [3.63, 3.8) is 0 Å². The van der Waals surface area contributed by atoms with Crippen LogP contribution in [0.5, 0.6) is 0 Å². The Hall–Kier alpha value is -1.94. The van der Waals surface area contributed by atoms with Gasteiger partial charge in [-0.05, 0) is 49.4 Å². The van der Waals surface area contributed by atoms with Crippen molar-refractivity contribution >= 4 is 39.5 Å². The molecule has 0 heterocycles. The molecular formula is C77H150O17P2. The number of carbonyl (C=O) groups is 4. The summed E-state index contributed by atoms with van der Waals surface area (Å²) >= 11 is 0. The van der Waals surface area contributed by atoms with Gasteiger partial charge in [-0.3, -0.25) is 37.3 Å². The lowest BCUT2D eigenvalue weighted by Gasteiger charge is -2.21. The minimum Gasteiger partial charge on any atom is -0.462 e. The van der Waals surface area contributed by atoms with Crippen LogP contribution < -0.4 is 0 Å². The van der Waals surface area contributed by atoms with Gasteiger partial charge in [0.25, 0.3) is 0 Å². The van der Waals surface area contributed by atoms with Crippen LogP contribution in [0.3, 0.4) is 0 Å². The summed E-state index contributed by atoms with van der Waals surface area (Å²) < 4.78 is 68.6. The minimum absolute atomic E-state index is 0.106. The van der Waals surface area contributed by atoms with Crippen LogP contribution in [-0.2, 0) is 65.4 Å². The van der Waals surface area contributed by atoms with Crippen molar-refractivity contribution in [3.05, 3.63) is 0 Å². The van der Waals surface area contributed by atoms with E-state index in [0.717, 1.165) is 114 Å². The van der Waals surface area contributed by atoms with E-state index in [0.29, 0.717) is 31.6 Å². The fourth-order valence-electron chi connectivity index (χ4n) is 11.7. The standard InChI is InChI=1S/C77H150O17P2/c1-9-70(8)56-48-40-32-24-20-21-25-33-41-49-57-74(79)87-63-72(93-77(82)60-52-44-35-27-19-15-17-23-30-38-46-54-68(4)5)65-91-95(83,84)89-61-71(78)62-90-96(85,86)92-66-73(64-88-75(80)58-50-42-36-28-31-39-47-55-69(6)7)94-76(81)59-51-43-34-26-18-14-12-10-11-13-16-22-29-37-45-53-67(2)3/h67-73,78H,9-66H2,1-8H3,(H,83,84)(H,85,86)/t70?,71?,72-,73-/m1/s1. The maximum atomic E-state index is 13.1. The second kappa shape index (κ2) is 66.3. The van der Waals surface area contributed by atoms with Crippen LogP contribution >= 0.6 is 15.6 Å². The number of carbonyl (C=O) groups excluding carboxylic acids is 4. The zero-order valence-corrected chi connectivity index (χ0v) is 64.8. The summed E-state index contributed by atoms with van der Waals surface area (Å²) in [5.74, 6) is 0.963. The van der Waals surface area contributed by atoms with E-state index in [1.807, 2.05) is 0 Å². The number of hydrogen-bond donors (Lipinski definition) is 3. The highest BCUT2D eigenvalue weighted by molar-refractivity contribution is 7.47. The molecule has 0 spiro atoms. The van der Waals surface area contributed by atoms with E-state index in [1.54, 1.807) is 0 Å². The van der Waals surface area contributed by atoms with E-state index in [1.165, 1.54) is 186 Å². The van der Waals surface area contributed by atoms with Crippen molar-refractivity contribution in [2.45, 2.75) is 408 Å². The highest BCUT2D eigenvalue weighted by Crippen LogP contribution is 2.45. The van der Waals surface area contributed by atoms with Crippen LogP contribution in [0, 0.1) is 23.7 Å². The molecule has 17 nitrogen and oxygen atoms in total. The van der Waals surface area contributed by atoms with Crippen LogP contribution in [0.4, 0.5) is 0 Å². The second-order valence-corrected chi connectivity index (χ2v) is 32.3. The topological polar surface area (TPSA) is 237 Å². The lowest BCUT2D eigenvalue weighted by Crippen LogP contribution is -2.30. The normalized spacial score (nSPS) is 14.4. The van der Waals surface area contributed by atoms with Gasteiger partial charge in [-0.25, -0.2) is 9.13 Å². The molecule has 0 aromatic rings. The summed E-state index contributed by atoms with van der Waals surface area (Å²) in [6, 6.07) is 0. The maximum absolute atomic E-state index is 13.1. The predicted octanol–water partition coefficient (Wildman–Crippen LogP) is 22.4. The fourth-order valence-corrected chi connectivity index (χ4v) is 13.3. The summed E-state index contributed by atoms with van der Waals surface area (Å²) in [7, 11) is -9.92. The van der Waals surface area contributed by atoms with Gasteiger partial charge in [-0.2, -0.15) is 0 Å². The third kappa shape index (κ3) is 69.2. The third-order valence-electron chi connectivity index (χ3n) is 18.2. The van der Waals surface area contributed by atoms with E-state index < -0.39 is 97.5 Å². The molecule has 4 unspecified atom stereocenters. The van der Waals surface area contributed by atoms with Gasteiger partial charge >= 0.3 is 39.5 Å². The van der Waals surface area contributed by atoms with Gasteiger partial charge in [0.15, 0.2) is 12.2 Å². The molecule has 0 saturated carbocycles. The minimum atomic E-state index is -4.96. The predicted molar refractivity (Wildman–Crippen MR) is 391 cm³/mol. The van der Waals surface area contributed by atoms with Gasteiger partial charge < -0.3 is 33.8 Å². The number of esters is 4. The molecule has 0 aromatic heterocycles. The summed E-state index contributed by atoms with van der Waals surface area (Å²) in [6.45, 7) is 14.2. The Bertz CT molecular complexity index is 1890. The molecule has 0 amide bonds. The van der Waals surface area contributed by atoms with E-state index >= 15 is 0 Å². The molecule has 6 atom stereocenters. The Labute approximate surface area is 588 Å². The van der Waals surface area contributed by atoms with E-state index in [9.17, 15) is 43.2 Å². The lowest BCUT2D eigenvalue weighted by molar-refractivity contribution is -0.161. The Balaban J connectivity index is 5.24. The molecule has 0 bridgehead atoms. The Morgan fingerprint density at radius 3 is 0.740 bits per heavy atom. The number of hydrogen-bond acceptors (Lipinski definition) is 15. The molecule has 19 heteroatoms. The molecule has 3 N–H and O–H groups in total. The monoisotopic (exact) mass is 1410 g/mol. The molecule has 0 aliphatic carbocycles. The van der Waals surface area contributed by atoms with Gasteiger partial charge in [0.2, 0.25) is 0 Å². The van der Waals surface area contributed by atoms with Crippen molar-refractivity contribution < 1.29 is 80.2 Å². The van der Waals surface area contributed by atoms with Crippen LogP contribution in [0.15, 0.2) is 0 Å². The van der Waals surface area contributed by atoms with Gasteiger partial charge in [-0.1, -0.05) is 338 Å². The number of phosphoric acid groups is 2. The highest BCUT2D eigenvalue weighted by Gasteiger charge is 2.30. The molecule has 0 rings (SSSR count). The smallest absolute Gasteiger partial charge is 0.462 e. The first kappa shape index (κ1) is 94.1. The molecule has 0 radical (unpaired) electrons. The molecule has 0 fully saturated rings. The van der Waals surface area contributed by atoms with Crippen LogP contribution in [0.1, 0.15) is 389 Å². The van der Waals surface area contributed by atoms with E-state index in [-0.39, 0.29) is 25.7 Å². The molecule has 0 aromatic carbocycles. The van der Waals surface area contributed by atoms with Crippen LogP contribution in [0.2, 0.25) is 0 Å². The van der Waals surface area contributed by atoms with Crippen molar-refractivity contribution in [2.24, 2.45) is 23.7 Å². The molecular weight excluding hydrogens is 1260 g/mol. The number of unbranched alkanes of at least 4 members (excludes halogenated alkanes) is 39. The van der Waals surface area contributed by atoms with E-state index in [2.05, 4.69) is 55.4 Å².